The Morgan fingerprint density at radius 1 is 1.26 bits per heavy atom. The molecule has 0 radical (unpaired) electrons. The van der Waals surface area contributed by atoms with Gasteiger partial charge in [-0.25, -0.2) is 0 Å². The summed E-state index contributed by atoms with van der Waals surface area (Å²) < 4.78 is 0. The summed E-state index contributed by atoms with van der Waals surface area (Å²) in [7, 11) is 0. The van der Waals surface area contributed by atoms with Crippen LogP contribution in [0.25, 0.3) is 0 Å². The van der Waals surface area contributed by atoms with Crippen molar-refractivity contribution in [2.24, 2.45) is 11.7 Å². The van der Waals surface area contributed by atoms with Crippen LogP contribution in [0.5, 0.6) is 0 Å². The number of hydrogen-bond donors (Lipinski definition) is 2. The van der Waals surface area contributed by atoms with Gasteiger partial charge in [0.05, 0.1) is 5.92 Å². The van der Waals surface area contributed by atoms with Crippen molar-refractivity contribution in [3.63, 3.8) is 0 Å². The number of rotatable bonds is 4. The largest absolute Gasteiger partial charge is 0.353 e. The standard InChI is InChI=1S/C14H25N3O2/c15-7-8-17-10-11(9-13(17)18)14(19)16-12-5-3-1-2-4-6-12/h11-12H,1-10,15H2,(H,16,19). The lowest BCUT2D eigenvalue weighted by atomic mass is 10.0. The van der Waals surface area contributed by atoms with Gasteiger partial charge in [-0.15, -0.1) is 0 Å². The molecule has 0 aromatic carbocycles. The van der Waals surface area contributed by atoms with Crippen molar-refractivity contribution in [3.8, 4) is 0 Å². The van der Waals surface area contributed by atoms with Gasteiger partial charge in [-0.3, -0.25) is 9.59 Å². The van der Waals surface area contributed by atoms with E-state index in [1.165, 1.54) is 25.7 Å². The highest BCUT2D eigenvalue weighted by molar-refractivity contribution is 5.89. The second-order valence-corrected chi connectivity index (χ2v) is 5.73. The zero-order valence-electron chi connectivity index (χ0n) is 11.6. The fourth-order valence-corrected chi connectivity index (χ4v) is 3.06. The van der Waals surface area contributed by atoms with E-state index in [1.54, 1.807) is 4.90 Å². The van der Waals surface area contributed by atoms with Crippen LogP contribution in [-0.4, -0.2) is 42.4 Å². The molecule has 2 aliphatic rings. The number of likely N-dealkylation sites (tertiary alicyclic amines) is 1. The summed E-state index contributed by atoms with van der Waals surface area (Å²) >= 11 is 0. The minimum Gasteiger partial charge on any atom is -0.353 e. The van der Waals surface area contributed by atoms with Gasteiger partial charge in [0.25, 0.3) is 0 Å². The van der Waals surface area contributed by atoms with Gasteiger partial charge in [0.15, 0.2) is 0 Å². The van der Waals surface area contributed by atoms with Crippen molar-refractivity contribution in [3.05, 3.63) is 0 Å². The molecule has 19 heavy (non-hydrogen) atoms. The Morgan fingerprint density at radius 3 is 2.58 bits per heavy atom. The van der Waals surface area contributed by atoms with E-state index in [-0.39, 0.29) is 17.7 Å². The molecule has 3 N–H and O–H groups in total. The predicted octanol–water partition coefficient (Wildman–Crippen LogP) is 0.633. The van der Waals surface area contributed by atoms with E-state index in [1.807, 2.05) is 0 Å². The molecule has 1 saturated carbocycles. The molecule has 1 aliphatic heterocycles. The van der Waals surface area contributed by atoms with Crippen LogP contribution in [0.3, 0.4) is 0 Å². The third-order valence-electron chi connectivity index (χ3n) is 4.19. The molecule has 1 heterocycles. The fourth-order valence-electron chi connectivity index (χ4n) is 3.06. The molecule has 5 heteroatoms. The number of nitrogens with two attached hydrogens (primary N) is 1. The van der Waals surface area contributed by atoms with Crippen LogP contribution in [0.15, 0.2) is 0 Å². The molecule has 1 aliphatic carbocycles. The van der Waals surface area contributed by atoms with Crippen molar-refractivity contribution >= 4 is 11.8 Å². The highest BCUT2D eigenvalue weighted by atomic mass is 16.2. The Kier molecular flexibility index (Phi) is 5.19. The minimum absolute atomic E-state index is 0.0553. The Bertz CT molecular complexity index is 325. The first-order valence-corrected chi connectivity index (χ1v) is 7.49. The first kappa shape index (κ1) is 14.3. The maximum Gasteiger partial charge on any atom is 0.225 e. The summed E-state index contributed by atoms with van der Waals surface area (Å²) in [6.45, 7) is 1.56. The van der Waals surface area contributed by atoms with Crippen LogP contribution in [0.1, 0.15) is 44.9 Å². The highest BCUT2D eigenvalue weighted by Gasteiger charge is 2.34. The molecule has 1 saturated heterocycles. The molecule has 1 atom stereocenters. The molecule has 0 aromatic rings. The normalized spacial score (nSPS) is 25.4. The Morgan fingerprint density at radius 2 is 1.95 bits per heavy atom. The molecule has 0 bridgehead atoms. The third-order valence-corrected chi connectivity index (χ3v) is 4.19. The number of nitrogens with one attached hydrogen (secondary N) is 1. The molecular formula is C14H25N3O2. The van der Waals surface area contributed by atoms with Gasteiger partial charge in [-0.2, -0.15) is 0 Å². The molecule has 0 spiro atoms. The van der Waals surface area contributed by atoms with E-state index in [4.69, 9.17) is 5.73 Å². The molecular weight excluding hydrogens is 242 g/mol. The van der Waals surface area contributed by atoms with Crippen LogP contribution < -0.4 is 11.1 Å². The van der Waals surface area contributed by atoms with E-state index in [0.29, 0.717) is 32.1 Å². The van der Waals surface area contributed by atoms with E-state index in [0.717, 1.165) is 12.8 Å². The van der Waals surface area contributed by atoms with Gasteiger partial charge >= 0.3 is 0 Å². The Hall–Kier alpha value is -1.10. The van der Waals surface area contributed by atoms with Gasteiger partial charge in [0, 0.05) is 32.1 Å². The summed E-state index contributed by atoms with van der Waals surface area (Å²) in [4.78, 5) is 25.6. The maximum atomic E-state index is 12.2. The molecule has 0 aromatic heterocycles. The van der Waals surface area contributed by atoms with Gasteiger partial charge in [0.1, 0.15) is 0 Å². The van der Waals surface area contributed by atoms with Crippen LogP contribution in [0.2, 0.25) is 0 Å². The first-order chi connectivity index (χ1) is 9.20. The highest BCUT2D eigenvalue weighted by Crippen LogP contribution is 2.20. The molecule has 108 valence electrons. The summed E-state index contributed by atoms with van der Waals surface area (Å²) in [5.41, 5.74) is 5.46. The van der Waals surface area contributed by atoms with Gasteiger partial charge in [-0.1, -0.05) is 25.7 Å². The molecule has 1 unspecified atom stereocenters. The smallest absolute Gasteiger partial charge is 0.225 e. The van der Waals surface area contributed by atoms with E-state index in [9.17, 15) is 9.59 Å². The van der Waals surface area contributed by atoms with Crippen molar-refractivity contribution in [1.82, 2.24) is 10.2 Å². The van der Waals surface area contributed by atoms with E-state index >= 15 is 0 Å². The average molecular weight is 267 g/mol. The second kappa shape index (κ2) is 6.89. The van der Waals surface area contributed by atoms with Gasteiger partial charge < -0.3 is 16.0 Å². The average Bonchev–Trinajstić information content (AvgIpc) is 2.61. The topological polar surface area (TPSA) is 75.4 Å². The fraction of sp³-hybridized carbons (Fsp3) is 0.857. The van der Waals surface area contributed by atoms with Gasteiger partial charge in [-0.05, 0) is 12.8 Å². The molecule has 5 nitrogen and oxygen atoms in total. The molecule has 2 amide bonds. The van der Waals surface area contributed by atoms with Crippen LogP contribution in [-0.2, 0) is 9.59 Å². The quantitative estimate of drug-likeness (QED) is 0.734. The summed E-state index contributed by atoms with van der Waals surface area (Å²) in [6, 6.07) is 0.314. The lowest BCUT2D eigenvalue weighted by Gasteiger charge is -2.19. The lowest BCUT2D eigenvalue weighted by molar-refractivity contribution is -0.129. The summed E-state index contributed by atoms with van der Waals surface area (Å²) in [5, 5.41) is 3.13. The van der Waals surface area contributed by atoms with E-state index in [2.05, 4.69) is 5.32 Å². The van der Waals surface area contributed by atoms with Crippen molar-refractivity contribution in [2.45, 2.75) is 51.0 Å². The van der Waals surface area contributed by atoms with Crippen molar-refractivity contribution in [2.75, 3.05) is 19.6 Å². The zero-order valence-corrected chi connectivity index (χ0v) is 11.6. The Balaban J connectivity index is 1.81. The first-order valence-electron chi connectivity index (χ1n) is 7.49. The third kappa shape index (κ3) is 3.93. The summed E-state index contributed by atoms with van der Waals surface area (Å²) in [5.74, 6) is -0.0615. The van der Waals surface area contributed by atoms with Crippen LogP contribution >= 0.6 is 0 Å². The predicted molar refractivity (Wildman–Crippen MR) is 73.4 cm³/mol. The number of nitrogens with zero attached hydrogens (tertiary/aromatic N) is 1. The SMILES string of the molecule is NCCN1CC(C(=O)NC2CCCCCC2)CC1=O. The zero-order chi connectivity index (χ0) is 13.7. The van der Waals surface area contributed by atoms with Gasteiger partial charge in [0.2, 0.25) is 11.8 Å². The van der Waals surface area contributed by atoms with Crippen LogP contribution in [0.4, 0.5) is 0 Å². The number of amides is 2. The Labute approximate surface area is 114 Å². The minimum atomic E-state index is -0.178. The second-order valence-electron chi connectivity index (χ2n) is 5.73. The molecule has 2 fully saturated rings. The van der Waals surface area contributed by atoms with Crippen molar-refractivity contribution in [1.29, 1.82) is 0 Å². The summed E-state index contributed by atoms with van der Waals surface area (Å²) in [6.07, 6.45) is 7.47. The number of carbonyl (C=O) groups is 2. The van der Waals surface area contributed by atoms with Crippen LogP contribution in [0, 0.1) is 5.92 Å². The number of hydrogen-bond acceptors (Lipinski definition) is 3. The molecule has 2 rings (SSSR count). The maximum absolute atomic E-state index is 12.2. The lowest BCUT2D eigenvalue weighted by Crippen LogP contribution is -2.40. The monoisotopic (exact) mass is 267 g/mol. The number of carbonyl (C=O) groups excluding carboxylic acids is 2. The van der Waals surface area contributed by atoms with E-state index < -0.39 is 0 Å². The van der Waals surface area contributed by atoms with Crippen molar-refractivity contribution < 1.29 is 9.59 Å².